The molecule has 0 aliphatic rings. The third kappa shape index (κ3) is 2.24. The molecule has 0 saturated heterocycles. The predicted octanol–water partition coefficient (Wildman–Crippen LogP) is 3.67. The van der Waals surface area contributed by atoms with Gasteiger partial charge in [0.15, 0.2) is 0 Å². The van der Waals surface area contributed by atoms with E-state index in [9.17, 15) is 0 Å². The summed E-state index contributed by atoms with van der Waals surface area (Å²) in [6.07, 6.45) is 0. The molecule has 0 N–H and O–H groups in total. The highest BCUT2D eigenvalue weighted by Gasteiger charge is 2.00. The SMILES string of the molecule is Cc1cccc(-c2cc(C)nc(C)c2)c1. The van der Waals surface area contributed by atoms with Gasteiger partial charge in [0.1, 0.15) is 0 Å². The molecule has 1 aromatic heterocycles. The van der Waals surface area contributed by atoms with Gasteiger partial charge < -0.3 is 0 Å². The molecule has 1 aromatic carbocycles. The van der Waals surface area contributed by atoms with E-state index in [0.717, 1.165) is 11.4 Å². The third-order valence-corrected chi connectivity index (χ3v) is 2.43. The minimum Gasteiger partial charge on any atom is -0.258 e. The molecule has 0 spiro atoms. The van der Waals surface area contributed by atoms with Gasteiger partial charge in [-0.25, -0.2) is 0 Å². The molecule has 1 heterocycles. The van der Waals surface area contributed by atoms with E-state index >= 15 is 0 Å². The number of benzene rings is 1. The summed E-state index contributed by atoms with van der Waals surface area (Å²) < 4.78 is 0. The van der Waals surface area contributed by atoms with Gasteiger partial charge in [-0.05, 0) is 44.0 Å². The first-order valence-electron chi connectivity index (χ1n) is 5.17. The van der Waals surface area contributed by atoms with Gasteiger partial charge in [-0.2, -0.15) is 0 Å². The Morgan fingerprint density at radius 1 is 0.800 bits per heavy atom. The maximum absolute atomic E-state index is 4.38. The zero-order valence-electron chi connectivity index (χ0n) is 9.41. The molecular weight excluding hydrogens is 182 g/mol. The summed E-state index contributed by atoms with van der Waals surface area (Å²) in [6.45, 7) is 6.18. The molecule has 2 aromatic rings. The molecule has 0 aliphatic heterocycles. The largest absolute Gasteiger partial charge is 0.258 e. The van der Waals surface area contributed by atoms with E-state index in [2.05, 4.69) is 48.3 Å². The van der Waals surface area contributed by atoms with Crippen molar-refractivity contribution in [3.8, 4) is 11.1 Å². The van der Waals surface area contributed by atoms with Crippen molar-refractivity contribution in [2.24, 2.45) is 0 Å². The Morgan fingerprint density at radius 3 is 2.07 bits per heavy atom. The molecule has 0 fully saturated rings. The lowest BCUT2D eigenvalue weighted by Gasteiger charge is -2.05. The molecule has 0 aliphatic carbocycles. The summed E-state index contributed by atoms with van der Waals surface area (Å²) in [5.41, 5.74) is 5.96. The van der Waals surface area contributed by atoms with Crippen molar-refractivity contribution < 1.29 is 0 Å². The molecule has 0 atom stereocenters. The van der Waals surface area contributed by atoms with Crippen LogP contribution in [0.2, 0.25) is 0 Å². The monoisotopic (exact) mass is 197 g/mol. The van der Waals surface area contributed by atoms with Crippen LogP contribution >= 0.6 is 0 Å². The Bertz CT molecular complexity index is 466. The summed E-state index contributed by atoms with van der Waals surface area (Å²) in [7, 11) is 0. The average Bonchev–Trinajstić information content (AvgIpc) is 2.16. The fourth-order valence-corrected chi connectivity index (χ4v) is 1.83. The van der Waals surface area contributed by atoms with Gasteiger partial charge in [-0.1, -0.05) is 29.8 Å². The molecule has 0 saturated carbocycles. The lowest BCUT2D eigenvalue weighted by Crippen LogP contribution is -1.88. The number of aromatic nitrogens is 1. The van der Waals surface area contributed by atoms with Gasteiger partial charge in [-0.15, -0.1) is 0 Å². The fourth-order valence-electron chi connectivity index (χ4n) is 1.83. The summed E-state index contributed by atoms with van der Waals surface area (Å²) in [5.74, 6) is 0. The zero-order valence-corrected chi connectivity index (χ0v) is 9.41. The summed E-state index contributed by atoms with van der Waals surface area (Å²) in [5, 5.41) is 0. The average molecular weight is 197 g/mol. The normalized spacial score (nSPS) is 10.3. The van der Waals surface area contributed by atoms with E-state index in [1.165, 1.54) is 16.7 Å². The molecule has 1 nitrogen and oxygen atoms in total. The van der Waals surface area contributed by atoms with E-state index in [-0.39, 0.29) is 0 Å². The van der Waals surface area contributed by atoms with Crippen LogP contribution in [0.3, 0.4) is 0 Å². The minimum absolute atomic E-state index is 1.08. The Balaban J connectivity index is 2.54. The summed E-state index contributed by atoms with van der Waals surface area (Å²) in [6, 6.07) is 12.8. The molecule has 15 heavy (non-hydrogen) atoms. The molecule has 0 unspecified atom stereocenters. The Kier molecular flexibility index (Phi) is 2.55. The van der Waals surface area contributed by atoms with E-state index in [4.69, 9.17) is 0 Å². The number of hydrogen-bond acceptors (Lipinski definition) is 1. The smallest absolute Gasteiger partial charge is 0.0382 e. The van der Waals surface area contributed by atoms with Crippen molar-refractivity contribution in [1.82, 2.24) is 4.98 Å². The highest BCUT2D eigenvalue weighted by atomic mass is 14.7. The molecule has 0 amide bonds. The van der Waals surface area contributed by atoms with E-state index in [1.54, 1.807) is 0 Å². The number of rotatable bonds is 1. The van der Waals surface area contributed by atoms with Crippen LogP contribution in [0.1, 0.15) is 17.0 Å². The molecule has 76 valence electrons. The van der Waals surface area contributed by atoms with Gasteiger partial charge in [-0.3, -0.25) is 4.98 Å². The van der Waals surface area contributed by atoms with Crippen molar-refractivity contribution in [3.05, 3.63) is 53.3 Å². The molecular formula is C14H15N. The first-order valence-corrected chi connectivity index (χ1v) is 5.17. The Labute approximate surface area is 90.8 Å². The van der Waals surface area contributed by atoms with Crippen molar-refractivity contribution in [2.75, 3.05) is 0 Å². The van der Waals surface area contributed by atoms with Crippen molar-refractivity contribution in [1.29, 1.82) is 0 Å². The van der Waals surface area contributed by atoms with E-state index < -0.39 is 0 Å². The zero-order chi connectivity index (χ0) is 10.8. The predicted molar refractivity (Wildman–Crippen MR) is 63.9 cm³/mol. The maximum Gasteiger partial charge on any atom is 0.0382 e. The van der Waals surface area contributed by atoms with Crippen LogP contribution in [0.4, 0.5) is 0 Å². The highest BCUT2D eigenvalue weighted by Crippen LogP contribution is 2.21. The topological polar surface area (TPSA) is 12.9 Å². The quantitative estimate of drug-likeness (QED) is 0.679. The Hall–Kier alpha value is -1.63. The van der Waals surface area contributed by atoms with Crippen LogP contribution in [0.5, 0.6) is 0 Å². The third-order valence-electron chi connectivity index (χ3n) is 2.43. The number of hydrogen-bond donors (Lipinski definition) is 0. The lowest BCUT2D eigenvalue weighted by atomic mass is 10.0. The molecule has 2 rings (SSSR count). The lowest BCUT2D eigenvalue weighted by molar-refractivity contribution is 1.12. The minimum atomic E-state index is 1.08. The van der Waals surface area contributed by atoms with Crippen LogP contribution in [-0.2, 0) is 0 Å². The van der Waals surface area contributed by atoms with Crippen LogP contribution in [0.15, 0.2) is 36.4 Å². The van der Waals surface area contributed by atoms with Gasteiger partial charge in [0.25, 0.3) is 0 Å². The van der Waals surface area contributed by atoms with E-state index in [1.807, 2.05) is 13.8 Å². The van der Waals surface area contributed by atoms with Crippen molar-refractivity contribution in [3.63, 3.8) is 0 Å². The fraction of sp³-hybridized carbons (Fsp3) is 0.214. The second-order valence-electron chi connectivity index (χ2n) is 4.01. The van der Waals surface area contributed by atoms with Crippen molar-refractivity contribution in [2.45, 2.75) is 20.8 Å². The second-order valence-corrected chi connectivity index (χ2v) is 4.01. The maximum atomic E-state index is 4.38. The van der Waals surface area contributed by atoms with Gasteiger partial charge in [0, 0.05) is 11.4 Å². The van der Waals surface area contributed by atoms with Crippen molar-refractivity contribution >= 4 is 0 Å². The second kappa shape index (κ2) is 3.85. The highest BCUT2D eigenvalue weighted by molar-refractivity contribution is 5.64. The van der Waals surface area contributed by atoms with Crippen LogP contribution in [0, 0.1) is 20.8 Å². The van der Waals surface area contributed by atoms with Crippen LogP contribution in [0.25, 0.3) is 11.1 Å². The molecule has 0 bridgehead atoms. The summed E-state index contributed by atoms with van der Waals surface area (Å²) >= 11 is 0. The first kappa shape index (κ1) is 9.91. The standard InChI is InChI=1S/C14H15N/c1-10-5-4-6-13(7-10)14-8-11(2)15-12(3)9-14/h4-9H,1-3H3. The number of nitrogens with zero attached hydrogens (tertiary/aromatic N) is 1. The van der Waals surface area contributed by atoms with Crippen LogP contribution < -0.4 is 0 Å². The van der Waals surface area contributed by atoms with E-state index in [0.29, 0.717) is 0 Å². The van der Waals surface area contributed by atoms with Gasteiger partial charge in [0.2, 0.25) is 0 Å². The first-order chi connectivity index (χ1) is 7.15. The number of pyridine rings is 1. The van der Waals surface area contributed by atoms with Gasteiger partial charge >= 0.3 is 0 Å². The summed E-state index contributed by atoms with van der Waals surface area (Å²) in [4.78, 5) is 4.38. The molecule has 0 radical (unpaired) electrons. The van der Waals surface area contributed by atoms with Gasteiger partial charge in [0.05, 0.1) is 0 Å². The van der Waals surface area contributed by atoms with Crippen LogP contribution in [-0.4, -0.2) is 4.98 Å². The molecule has 1 heteroatoms. The number of aryl methyl sites for hydroxylation is 3. The Morgan fingerprint density at radius 2 is 1.47 bits per heavy atom.